The number of benzene rings is 1. The standard InChI is InChI=1S/C18H26N2O2S/c1-20(15-8-10-23-12-15)11-17(21)19-13-18(22)9-4-6-14-5-2-3-7-16(14)18/h2-3,5,7,15,22H,4,6,8-13H2,1H3,(H,19,21)/t15-,18-/m0/s1. The number of aryl methyl sites for hydroxylation is 1. The lowest BCUT2D eigenvalue weighted by molar-refractivity contribution is -0.123. The fraction of sp³-hybridized carbons (Fsp3) is 0.611. The molecule has 1 aliphatic carbocycles. The number of thioether (sulfide) groups is 1. The summed E-state index contributed by atoms with van der Waals surface area (Å²) in [4.78, 5) is 14.4. The number of likely N-dealkylation sites (N-methyl/N-ethyl adjacent to an activating group) is 1. The Morgan fingerprint density at radius 3 is 3.09 bits per heavy atom. The molecule has 4 nitrogen and oxygen atoms in total. The Balaban J connectivity index is 1.56. The zero-order valence-electron chi connectivity index (χ0n) is 13.8. The van der Waals surface area contributed by atoms with Crippen LogP contribution < -0.4 is 5.32 Å². The number of nitrogens with one attached hydrogen (secondary N) is 1. The van der Waals surface area contributed by atoms with Crippen LogP contribution in [0.2, 0.25) is 0 Å². The van der Waals surface area contributed by atoms with Crippen molar-refractivity contribution in [3.63, 3.8) is 0 Å². The number of hydrogen-bond donors (Lipinski definition) is 2. The molecule has 3 rings (SSSR count). The number of nitrogens with zero attached hydrogens (tertiary/aromatic N) is 1. The summed E-state index contributed by atoms with van der Waals surface area (Å²) in [6.45, 7) is 0.707. The van der Waals surface area contributed by atoms with Crippen LogP contribution in [0.1, 0.15) is 30.4 Å². The van der Waals surface area contributed by atoms with E-state index in [4.69, 9.17) is 0 Å². The lowest BCUT2D eigenvalue weighted by Gasteiger charge is -2.35. The third-order valence-corrected chi connectivity index (χ3v) is 6.20. The quantitative estimate of drug-likeness (QED) is 0.862. The smallest absolute Gasteiger partial charge is 0.234 e. The second-order valence-corrected chi connectivity index (χ2v) is 7.90. The van der Waals surface area contributed by atoms with Gasteiger partial charge in [-0.25, -0.2) is 0 Å². The molecule has 2 N–H and O–H groups in total. The summed E-state index contributed by atoms with van der Waals surface area (Å²) in [7, 11) is 2.01. The van der Waals surface area contributed by atoms with Gasteiger partial charge < -0.3 is 10.4 Å². The molecule has 0 spiro atoms. The fourth-order valence-corrected chi connectivity index (χ4v) is 4.91. The molecule has 1 aromatic carbocycles. The van der Waals surface area contributed by atoms with Gasteiger partial charge in [0, 0.05) is 11.8 Å². The van der Waals surface area contributed by atoms with Gasteiger partial charge in [0.15, 0.2) is 0 Å². The van der Waals surface area contributed by atoms with E-state index < -0.39 is 5.60 Å². The Hall–Kier alpha value is -1.04. The summed E-state index contributed by atoms with van der Waals surface area (Å²) in [5.74, 6) is 2.30. The average Bonchev–Trinajstić information content (AvgIpc) is 3.08. The molecule has 1 amide bonds. The molecule has 0 unspecified atom stereocenters. The van der Waals surface area contributed by atoms with Crippen molar-refractivity contribution in [2.75, 3.05) is 31.6 Å². The molecule has 0 bridgehead atoms. The zero-order chi connectivity index (χ0) is 16.3. The van der Waals surface area contributed by atoms with Crippen LogP contribution >= 0.6 is 11.8 Å². The highest BCUT2D eigenvalue weighted by atomic mass is 32.2. The maximum absolute atomic E-state index is 12.2. The first-order valence-corrected chi connectivity index (χ1v) is 9.59. The molecule has 126 valence electrons. The molecule has 1 saturated heterocycles. The highest BCUT2D eigenvalue weighted by Gasteiger charge is 2.34. The van der Waals surface area contributed by atoms with E-state index in [0.717, 1.165) is 30.6 Å². The van der Waals surface area contributed by atoms with Gasteiger partial charge in [-0.05, 0) is 49.6 Å². The van der Waals surface area contributed by atoms with E-state index in [-0.39, 0.29) is 5.91 Å². The largest absolute Gasteiger partial charge is 0.383 e. The number of hydrogen-bond acceptors (Lipinski definition) is 4. The predicted octanol–water partition coefficient (Wildman–Crippen LogP) is 1.76. The maximum Gasteiger partial charge on any atom is 0.234 e. The minimum Gasteiger partial charge on any atom is -0.383 e. The summed E-state index contributed by atoms with van der Waals surface area (Å²) in [5, 5.41) is 13.9. The molecule has 0 saturated carbocycles. The van der Waals surface area contributed by atoms with Crippen molar-refractivity contribution >= 4 is 17.7 Å². The molecular weight excluding hydrogens is 308 g/mol. The number of amides is 1. The topological polar surface area (TPSA) is 52.6 Å². The average molecular weight is 334 g/mol. The molecule has 5 heteroatoms. The Morgan fingerprint density at radius 2 is 2.30 bits per heavy atom. The molecule has 1 fully saturated rings. The molecule has 2 atom stereocenters. The van der Waals surface area contributed by atoms with Crippen LogP contribution in [0.3, 0.4) is 0 Å². The SMILES string of the molecule is CN(CC(=O)NC[C@@]1(O)CCCc2ccccc21)[C@H]1CCSC1. The third kappa shape index (κ3) is 3.90. The number of rotatable bonds is 5. The Labute approximate surface area is 142 Å². The van der Waals surface area contributed by atoms with Gasteiger partial charge in [0.2, 0.25) is 5.91 Å². The lowest BCUT2D eigenvalue weighted by atomic mass is 9.79. The van der Waals surface area contributed by atoms with E-state index in [9.17, 15) is 9.90 Å². The van der Waals surface area contributed by atoms with Gasteiger partial charge in [0.25, 0.3) is 0 Å². The van der Waals surface area contributed by atoms with Gasteiger partial charge in [-0.3, -0.25) is 9.69 Å². The molecule has 2 aliphatic rings. The minimum atomic E-state index is -0.924. The van der Waals surface area contributed by atoms with Crippen molar-refractivity contribution in [2.24, 2.45) is 0 Å². The van der Waals surface area contributed by atoms with Gasteiger partial charge in [0.05, 0.1) is 13.1 Å². The van der Waals surface area contributed by atoms with Crippen molar-refractivity contribution in [3.8, 4) is 0 Å². The van der Waals surface area contributed by atoms with E-state index >= 15 is 0 Å². The Bertz CT molecular complexity index is 560. The fourth-order valence-electron chi connectivity index (χ4n) is 3.61. The van der Waals surface area contributed by atoms with Crippen molar-refractivity contribution in [2.45, 2.75) is 37.3 Å². The summed E-state index contributed by atoms with van der Waals surface area (Å²) in [6.07, 6.45) is 3.84. The highest BCUT2D eigenvalue weighted by molar-refractivity contribution is 7.99. The molecule has 1 heterocycles. The van der Waals surface area contributed by atoms with Crippen molar-refractivity contribution in [1.82, 2.24) is 10.2 Å². The summed E-state index contributed by atoms with van der Waals surface area (Å²) in [6, 6.07) is 8.54. The van der Waals surface area contributed by atoms with Gasteiger partial charge >= 0.3 is 0 Å². The minimum absolute atomic E-state index is 0.000814. The molecule has 0 radical (unpaired) electrons. The van der Waals surface area contributed by atoms with E-state index in [1.807, 2.05) is 37.0 Å². The first-order chi connectivity index (χ1) is 11.1. The van der Waals surface area contributed by atoms with Gasteiger partial charge in [-0.15, -0.1) is 0 Å². The van der Waals surface area contributed by atoms with Crippen LogP contribution in [0.5, 0.6) is 0 Å². The number of carbonyl (C=O) groups is 1. The van der Waals surface area contributed by atoms with Gasteiger partial charge in [-0.2, -0.15) is 11.8 Å². The van der Waals surface area contributed by atoms with Crippen LogP contribution in [0.25, 0.3) is 0 Å². The van der Waals surface area contributed by atoms with E-state index in [1.165, 1.54) is 11.3 Å². The van der Waals surface area contributed by atoms with Crippen molar-refractivity contribution in [1.29, 1.82) is 0 Å². The zero-order valence-corrected chi connectivity index (χ0v) is 14.6. The normalized spacial score (nSPS) is 27.0. The summed E-state index contributed by atoms with van der Waals surface area (Å²) < 4.78 is 0. The molecule has 23 heavy (non-hydrogen) atoms. The highest BCUT2D eigenvalue weighted by Crippen LogP contribution is 2.34. The number of fused-ring (bicyclic) bond motifs is 1. The second-order valence-electron chi connectivity index (χ2n) is 6.75. The molecule has 1 aromatic rings. The molecule has 1 aliphatic heterocycles. The van der Waals surface area contributed by atoms with E-state index in [1.54, 1.807) is 0 Å². The van der Waals surface area contributed by atoms with Crippen LogP contribution in [0, 0.1) is 0 Å². The van der Waals surface area contributed by atoms with Crippen molar-refractivity contribution < 1.29 is 9.90 Å². The van der Waals surface area contributed by atoms with Crippen LogP contribution in [-0.2, 0) is 16.8 Å². The lowest BCUT2D eigenvalue weighted by Crippen LogP contribution is -2.46. The first-order valence-electron chi connectivity index (χ1n) is 8.44. The summed E-state index contributed by atoms with van der Waals surface area (Å²) in [5.41, 5.74) is 1.26. The molecule has 0 aromatic heterocycles. The predicted molar refractivity (Wildman–Crippen MR) is 94.6 cm³/mol. The summed E-state index contributed by atoms with van der Waals surface area (Å²) >= 11 is 1.95. The van der Waals surface area contributed by atoms with Crippen molar-refractivity contribution in [3.05, 3.63) is 35.4 Å². The Morgan fingerprint density at radius 1 is 1.48 bits per heavy atom. The second kappa shape index (κ2) is 7.24. The van der Waals surface area contributed by atoms with Gasteiger partial charge in [0.1, 0.15) is 5.60 Å². The number of aliphatic hydroxyl groups is 1. The monoisotopic (exact) mass is 334 g/mol. The van der Waals surface area contributed by atoms with Crippen LogP contribution in [0.4, 0.5) is 0 Å². The third-order valence-electron chi connectivity index (χ3n) is 5.06. The van der Waals surface area contributed by atoms with Crippen LogP contribution in [0.15, 0.2) is 24.3 Å². The Kier molecular flexibility index (Phi) is 5.29. The molecular formula is C18H26N2O2S. The van der Waals surface area contributed by atoms with E-state index in [0.29, 0.717) is 25.6 Å². The van der Waals surface area contributed by atoms with E-state index in [2.05, 4.69) is 16.3 Å². The number of carbonyl (C=O) groups excluding carboxylic acids is 1. The van der Waals surface area contributed by atoms with Gasteiger partial charge in [-0.1, -0.05) is 24.3 Å². The first kappa shape index (κ1) is 16.8. The maximum atomic E-state index is 12.2. The van der Waals surface area contributed by atoms with Crippen LogP contribution in [-0.4, -0.2) is 53.6 Å².